The van der Waals surface area contributed by atoms with Crippen LogP contribution >= 0.6 is 0 Å². The van der Waals surface area contributed by atoms with E-state index in [4.69, 9.17) is 9.47 Å². The minimum absolute atomic E-state index is 0.0901. The predicted octanol–water partition coefficient (Wildman–Crippen LogP) is 9.53. The molecule has 3 rings (SSSR count). The van der Waals surface area contributed by atoms with Crippen molar-refractivity contribution in [2.24, 2.45) is 17.8 Å². The minimum Gasteiger partial charge on any atom is -0.494 e. The molecule has 0 spiro atoms. The minimum atomic E-state index is -0.184. The molecular formula is C32H52O3. The standard InChI is InChI=1S/C32H52O3/c1-3-5-7-10-26-13-15-28(16-14-26)12-9-25-34-30-23-19-29(20-24-30)32(33)35-31-21-17-27(18-22-31)11-8-6-4-2/h19-20,23-24,26-28,31H,3-18,21-22,25H2,1-2H3. The van der Waals surface area contributed by atoms with Crippen molar-refractivity contribution in [3.8, 4) is 5.75 Å². The summed E-state index contributed by atoms with van der Waals surface area (Å²) in [5, 5.41) is 0. The van der Waals surface area contributed by atoms with Crippen LogP contribution in [0, 0.1) is 17.8 Å². The van der Waals surface area contributed by atoms with Gasteiger partial charge in [0.05, 0.1) is 12.2 Å². The van der Waals surface area contributed by atoms with Crippen molar-refractivity contribution in [1.82, 2.24) is 0 Å². The average Bonchev–Trinajstić information content (AvgIpc) is 2.89. The number of rotatable bonds is 15. The van der Waals surface area contributed by atoms with Gasteiger partial charge in [0.2, 0.25) is 0 Å². The average molecular weight is 485 g/mol. The van der Waals surface area contributed by atoms with Crippen LogP contribution in [0.25, 0.3) is 0 Å². The fourth-order valence-corrected chi connectivity index (χ4v) is 6.18. The van der Waals surface area contributed by atoms with E-state index in [1.54, 1.807) is 0 Å². The molecule has 1 aromatic rings. The number of carbonyl (C=O) groups excluding carboxylic acids is 1. The van der Waals surface area contributed by atoms with Gasteiger partial charge < -0.3 is 9.47 Å². The molecule has 0 atom stereocenters. The maximum atomic E-state index is 12.6. The van der Waals surface area contributed by atoms with Crippen LogP contribution in [0.4, 0.5) is 0 Å². The molecule has 0 unspecified atom stereocenters. The number of benzene rings is 1. The molecule has 2 fully saturated rings. The molecule has 0 saturated heterocycles. The van der Waals surface area contributed by atoms with Crippen molar-refractivity contribution in [2.45, 2.75) is 136 Å². The van der Waals surface area contributed by atoms with E-state index in [0.717, 1.165) is 49.4 Å². The molecule has 3 heteroatoms. The molecule has 0 aromatic heterocycles. The van der Waals surface area contributed by atoms with E-state index in [1.807, 2.05) is 24.3 Å². The summed E-state index contributed by atoms with van der Waals surface area (Å²) in [5.74, 6) is 3.39. The summed E-state index contributed by atoms with van der Waals surface area (Å²) < 4.78 is 11.8. The van der Waals surface area contributed by atoms with Crippen LogP contribution in [0.3, 0.4) is 0 Å². The van der Waals surface area contributed by atoms with Crippen molar-refractivity contribution in [3.05, 3.63) is 29.8 Å². The second-order valence-corrected chi connectivity index (χ2v) is 11.4. The number of hydrogen-bond donors (Lipinski definition) is 0. The van der Waals surface area contributed by atoms with E-state index in [1.165, 1.54) is 96.3 Å². The smallest absolute Gasteiger partial charge is 0.338 e. The van der Waals surface area contributed by atoms with Gasteiger partial charge in [-0.1, -0.05) is 90.9 Å². The Kier molecular flexibility index (Phi) is 13.1. The summed E-state index contributed by atoms with van der Waals surface area (Å²) in [6, 6.07) is 7.55. The van der Waals surface area contributed by atoms with Crippen LogP contribution in [-0.2, 0) is 4.74 Å². The molecule has 2 aliphatic rings. The molecule has 3 nitrogen and oxygen atoms in total. The van der Waals surface area contributed by atoms with E-state index < -0.39 is 0 Å². The maximum absolute atomic E-state index is 12.6. The van der Waals surface area contributed by atoms with Gasteiger partial charge in [-0.25, -0.2) is 4.79 Å². The lowest BCUT2D eigenvalue weighted by Gasteiger charge is -2.28. The Balaban J connectivity index is 1.26. The molecule has 1 aromatic carbocycles. The number of carbonyl (C=O) groups is 1. The van der Waals surface area contributed by atoms with E-state index >= 15 is 0 Å². The zero-order valence-corrected chi connectivity index (χ0v) is 22.8. The quantitative estimate of drug-likeness (QED) is 0.184. The van der Waals surface area contributed by atoms with Gasteiger partial charge in [0.25, 0.3) is 0 Å². The van der Waals surface area contributed by atoms with Crippen molar-refractivity contribution in [1.29, 1.82) is 0 Å². The highest BCUT2D eigenvalue weighted by Gasteiger charge is 2.24. The van der Waals surface area contributed by atoms with Gasteiger partial charge in [-0.15, -0.1) is 0 Å². The highest BCUT2D eigenvalue weighted by molar-refractivity contribution is 5.89. The lowest BCUT2D eigenvalue weighted by molar-refractivity contribution is 0.0161. The van der Waals surface area contributed by atoms with Crippen molar-refractivity contribution < 1.29 is 14.3 Å². The maximum Gasteiger partial charge on any atom is 0.338 e. The summed E-state index contributed by atoms with van der Waals surface area (Å²) in [6.45, 7) is 5.32. The highest BCUT2D eigenvalue weighted by Crippen LogP contribution is 2.34. The van der Waals surface area contributed by atoms with Gasteiger partial charge in [-0.3, -0.25) is 0 Å². The van der Waals surface area contributed by atoms with E-state index in [2.05, 4.69) is 13.8 Å². The third-order valence-corrected chi connectivity index (χ3v) is 8.58. The van der Waals surface area contributed by atoms with Crippen LogP contribution in [0.5, 0.6) is 5.75 Å². The Hall–Kier alpha value is -1.51. The second kappa shape index (κ2) is 16.3. The zero-order chi connectivity index (χ0) is 24.7. The first kappa shape index (κ1) is 28.1. The van der Waals surface area contributed by atoms with Gasteiger partial charge >= 0.3 is 5.97 Å². The Bertz CT molecular complexity index is 681. The van der Waals surface area contributed by atoms with Crippen LogP contribution < -0.4 is 4.74 Å². The van der Waals surface area contributed by atoms with Crippen LogP contribution in [0.1, 0.15) is 140 Å². The lowest BCUT2D eigenvalue weighted by atomic mass is 9.78. The molecular weight excluding hydrogens is 432 g/mol. The summed E-state index contributed by atoms with van der Waals surface area (Å²) in [7, 11) is 0. The molecule has 0 bridgehead atoms. The van der Waals surface area contributed by atoms with Gasteiger partial charge in [0, 0.05) is 0 Å². The second-order valence-electron chi connectivity index (χ2n) is 11.4. The fraction of sp³-hybridized carbons (Fsp3) is 0.781. The van der Waals surface area contributed by atoms with E-state index in [0.29, 0.717) is 5.56 Å². The molecule has 0 aliphatic heterocycles. The van der Waals surface area contributed by atoms with E-state index in [9.17, 15) is 4.79 Å². The first-order chi connectivity index (χ1) is 17.2. The third-order valence-electron chi connectivity index (χ3n) is 8.58. The molecule has 35 heavy (non-hydrogen) atoms. The van der Waals surface area contributed by atoms with Gasteiger partial charge in [0.15, 0.2) is 0 Å². The SMILES string of the molecule is CCCCCC1CCC(CCCOc2ccc(C(=O)OC3CCC(CCCCC)CC3)cc2)CC1. The summed E-state index contributed by atoms with van der Waals surface area (Å²) in [4.78, 5) is 12.6. The Morgan fingerprint density at radius 3 is 1.69 bits per heavy atom. The van der Waals surface area contributed by atoms with Crippen LogP contribution in [0.2, 0.25) is 0 Å². The van der Waals surface area contributed by atoms with Crippen molar-refractivity contribution in [3.63, 3.8) is 0 Å². The first-order valence-corrected chi connectivity index (χ1v) is 15.1. The Morgan fingerprint density at radius 1 is 0.686 bits per heavy atom. The third kappa shape index (κ3) is 10.6. The van der Waals surface area contributed by atoms with Gasteiger partial charge in [0.1, 0.15) is 11.9 Å². The van der Waals surface area contributed by atoms with E-state index in [-0.39, 0.29) is 12.1 Å². The predicted molar refractivity (Wildman–Crippen MR) is 146 cm³/mol. The fourth-order valence-electron chi connectivity index (χ4n) is 6.18. The zero-order valence-electron chi connectivity index (χ0n) is 22.8. The number of esters is 1. The normalized spacial score (nSPS) is 24.7. The lowest BCUT2D eigenvalue weighted by Crippen LogP contribution is -2.24. The van der Waals surface area contributed by atoms with Crippen LogP contribution in [0.15, 0.2) is 24.3 Å². The molecule has 0 radical (unpaired) electrons. The van der Waals surface area contributed by atoms with Crippen LogP contribution in [-0.4, -0.2) is 18.7 Å². The number of hydrogen-bond acceptors (Lipinski definition) is 3. The van der Waals surface area contributed by atoms with Crippen molar-refractivity contribution >= 4 is 5.97 Å². The summed E-state index contributed by atoms with van der Waals surface area (Å²) >= 11 is 0. The van der Waals surface area contributed by atoms with Crippen molar-refractivity contribution in [2.75, 3.05) is 6.61 Å². The molecule has 198 valence electrons. The Labute approximate surface area is 215 Å². The monoisotopic (exact) mass is 484 g/mol. The molecule has 0 N–H and O–H groups in total. The first-order valence-electron chi connectivity index (χ1n) is 15.1. The van der Waals surface area contributed by atoms with Gasteiger partial charge in [-0.2, -0.15) is 0 Å². The number of unbranched alkanes of at least 4 members (excludes halogenated alkanes) is 4. The largest absolute Gasteiger partial charge is 0.494 e. The Morgan fingerprint density at radius 2 is 1.17 bits per heavy atom. The number of ether oxygens (including phenoxy) is 2. The molecule has 2 aliphatic carbocycles. The summed E-state index contributed by atoms with van der Waals surface area (Å²) in [6.07, 6.45) is 23.6. The molecule has 0 heterocycles. The molecule has 0 amide bonds. The van der Waals surface area contributed by atoms with Gasteiger partial charge in [-0.05, 0) is 80.5 Å². The highest BCUT2D eigenvalue weighted by atomic mass is 16.5. The molecule has 2 saturated carbocycles. The topological polar surface area (TPSA) is 35.5 Å². The summed E-state index contributed by atoms with van der Waals surface area (Å²) in [5.41, 5.74) is 0.637.